The first-order valence-electron chi connectivity index (χ1n) is 6.37. The van der Waals surface area contributed by atoms with Gasteiger partial charge in [-0.2, -0.15) is 0 Å². The van der Waals surface area contributed by atoms with Gasteiger partial charge < -0.3 is 10.5 Å². The Morgan fingerprint density at radius 3 is 2.44 bits per heavy atom. The lowest BCUT2D eigenvalue weighted by molar-refractivity contribution is 0.276. The fourth-order valence-electron chi connectivity index (χ4n) is 2.96. The zero-order chi connectivity index (χ0) is 13.2. The minimum atomic E-state index is -0.593. The molecule has 1 saturated carbocycles. The van der Waals surface area contributed by atoms with Crippen LogP contribution in [0.5, 0.6) is 5.75 Å². The summed E-state index contributed by atoms with van der Waals surface area (Å²) < 4.78 is 33.3. The van der Waals surface area contributed by atoms with Gasteiger partial charge in [0.25, 0.3) is 0 Å². The van der Waals surface area contributed by atoms with Crippen molar-refractivity contribution in [2.75, 3.05) is 13.7 Å². The van der Waals surface area contributed by atoms with Gasteiger partial charge in [0.2, 0.25) is 0 Å². The molecule has 2 nitrogen and oxygen atoms in total. The van der Waals surface area contributed by atoms with Crippen molar-refractivity contribution in [2.45, 2.75) is 37.5 Å². The molecule has 18 heavy (non-hydrogen) atoms. The highest BCUT2D eigenvalue weighted by molar-refractivity contribution is 5.38. The van der Waals surface area contributed by atoms with Crippen LogP contribution < -0.4 is 10.5 Å². The Morgan fingerprint density at radius 2 is 1.89 bits per heavy atom. The van der Waals surface area contributed by atoms with Gasteiger partial charge in [-0.3, -0.25) is 0 Å². The third-order valence-electron chi connectivity index (χ3n) is 4.01. The molecule has 4 heteroatoms. The number of ether oxygens (including phenoxy) is 1. The summed E-state index contributed by atoms with van der Waals surface area (Å²) in [5.41, 5.74) is 5.37. The average molecular weight is 255 g/mol. The van der Waals surface area contributed by atoms with Crippen molar-refractivity contribution in [1.29, 1.82) is 0 Å². The van der Waals surface area contributed by atoms with Crippen molar-refractivity contribution in [1.82, 2.24) is 0 Å². The van der Waals surface area contributed by atoms with Crippen molar-refractivity contribution in [3.05, 3.63) is 29.3 Å². The van der Waals surface area contributed by atoms with E-state index < -0.39 is 17.0 Å². The lowest BCUT2D eigenvalue weighted by Crippen LogP contribution is -2.39. The molecule has 0 radical (unpaired) electrons. The van der Waals surface area contributed by atoms with Crippen LogP contribution in [0.2, 0.25) is 0 Å². The number of rotatable bonds is 3. The zero-order valence-electron chi connectivity index (χ0n) is 10.6. The Balaban J connectivity index is 2.53. The predicted octanol–water partition coefficient (Wildman–Crippen LogP) is 3.13. The van der Waals surface area contributed by atoms with Crippen molar-refractivity contribution < 1.29 is 13.5 Å². The monoisotopic (exact) mass is 255 g/mol. The molecule has 100 valence electrons. The van der Waals surface area contributed by atoms with Crippen LogP contribution in [0, 0.1) is 11.6 Å². The fraction of sp³-hybridized carbons (Fsp3) is 0.571. The van der Waals surface area contributed by atoms with E-state index in [1.807, 2.05) is 0 Å². The topological polar surface area (TPSA) is 35.2 Å². The molecule has 1 aromatic rings. The summed E-state index contributed by atoms with van der Waals surface area (Å²) in [7, 11) is 1.39. The van der Waals surface area contributed by atoms with E-state index in [9.17, 15) is 8.78 Å². The first-order valence-corrected chi connectivity index (χ1v) is 6.37. The SMILES string of the molecule is COc1ccc(F)c(C2(CN)CCCCC2)c1F. The molecule has 2 N–H and O–H groups in total. The van der Waals surface area contributed by atoms with E-state index in [-0.39, 0.29) is 17.9 Å². The van der Waals surface area contributed by atoms with Gasteiger partial charge in [-0.1, -0.05) is 19.3 Å². The minimum absolute atomic E-state index is 0.0878. The summed E-state index contributed by atoms with van der Waals surface area (Å²) in [6.07, 6.45) is 4.52. The predicted molar refractivity (Wildman–Crippen MR) is 66.7 cm³/mol. The molecule has 0 heterocycles. The Morgan fingerprint density at radius 1 is 1.22 bits per heavy atom. The summed E-state index contributed by atoms with van der Waals surface area (Å²) in [4.78, 5) is 0. The van der Waals surface area contributed by atoms with Gasteiger partial charge in [0, 0.05) is 17.5 Å². The summed E-state index contributed by atoms with van der Waals surface area (Å²) in [6.45, 7) is 0.272. The molecule has 0 saturated heterocycles. The van der Waals surface area contributed by atoms with Crippen LogP contribution in [0.4, 0.5) is 8.78 Å². The van der Waals surface area contributed by atoms with Gasteiger partial charge in [0.1, 0.15) is 5.82 Å². The maximum absolute atomic E-state index is 14.3. The van der Waals surface area contributed by atoms with E-state index in [4.69, 9.17) is 10.5 Å². The molecule has 1 aromatic carbocycles. The first-order chi connectivity index (χ1) is 8.64. The molecule has 1 fully saturated rings. The van der Waals surface area contributed by atoms with Crippen LogP contribution in [0.15, 0.2) is 12.1 Å². The summed E-state index contributed by atoms with van der Waals surface area (Å²) in [5, 5.41) is 0. The summed E-state index contributed by atoms with van der Waals surface area (Å²) in [5.74, 6) is -1.02. The fourth-order valence-corrected chi connectivity index (χ4v) is 2.96. The van der Waals surface area contributed by atoms with Crippen molar-refractivity contribution in [3.8, 4) is 5.75 Å². The molecule has 0 aromatic heterocycles. The Labute approximate surface area is 106 Å². The number of hydrogen-bond donors (Lipinski definition) is 1. The number of nitrogens with two attached hydrogens (primary N) is 1. The van der Waals surface area contributed by atoms with E-state index in [1.54, 1.807) is 0 Å². The van der Waals surface area contributed by atoms with Crippen LogP contribution in [0.25, 0.3) is 0 Å². The maximum Gasteiger partial charge on any atom is 0.171 e. The number of halogens is 2. The average Bonchev–Trinajstić information content (AvgIpc) is 2.40. The molecule has 0 bridgehead atoms. The normalized spacial score (nSPS) is 18.7. The molecule has 0 spiro atoms. The zero-order valence-corrected chi connectivity index (χ0v) is 10.6. The number of benzene rings is 1. The van der Waals surface area contributed by atoms with E-state index in [0.717, 1.165) is 32.1 Å². The molecule has 2 rings (SSSR count). The van der Waals surface area contributed by atoms with Crippen LogP contribution in [0.1, 0.15) is 37.7 Å². The van der Waals surface area contributed by atoms with E-state index in [2.05, 4.69) is 0 Å². The van der Waals surface area contributed by atoms with Crippen molar-refractivity contribution >= 4 is 0 Å². The quantitative estimate of drug-likeness (QED) is 0.900. The van der Waals surface area contributed by atoms with Crippen LogP contribution in [-0.4, -0.2) is 13.7 Å². The molecular formula is C14H19F2NO. The largest absolute Gasteiger partial charge is 0.494 e. The van der Waals surface area contributed by atoms with Gasteiger partial charge in [-0.05, 0) is 25.0 Å². The van der Waals surface area contributed by atoms with Gasteiger partial charge >= 0.3 is 0 Å². The Bertz CT molecular complexity index is 428. The highest BCUT2D eigenvalue weighted by atomic mass is 19.1. The third-order valence-corrected chi connectivity index (χ3v) is 4.01. The standard InChI is InChI=1S/C14H19F2NO/c1-18-11-6-5-10(15)12(13(11)16)14(9-17)7-3-2-4-8-14/h5-6H,2-4,7-9,17H2,1H3. The lowest BCUT2D eigenvalue weighted by atomic mass is 9.69. The summed E-state index contributed by atoms with van der Waals surface area (Å²) >= 11 is 0. The second-order valence-electron chi connectivity index (χ2n) is 4.98. The van der Waals surface area contributed by atoms with E-state index in [0.29, 0.717) is 0 Å². The van der Waals surface area contributed by atoms with Gasteiger partial charge in [-0.25, -0.2) is 8.78 Å². The molecule has 0 amide bonds. The van der Waals surface area contributed by atoms with Crippen LogP contribution in [0.3, 0.4) is 0 Å². The first kappa shape index (κ1) is 13.3. The molecule has 1 aliphatic rings. The second-order valence-corrected chi connectivity index (χ2v) is 4.98. The smallest absolute Gasteiger partial charge is 0.171 e. The summed E-state index contributed by atoms with van der Waals surface area (Å²) in [6, 6.07) is 2.59. The Kier molecular flexibility index (Phi) is 3.85. The number of hydrogen-bond acceptors (Lipinski definition) is 2. The molecule has 0 atom stereocenters. The molecule has 0 unspecified atom stereocenters. The maximum atomic E-state index is 14.3. The van der Waals surface area contributed by atoms with E-state index >= 15 is 0 Å². The van der Waals surface area contributed by atoms with E-state index in [1.165, 1.54) is 19.2 Å². The van der Waals surface area contributed by atoms with Crippen LogP contribution >= 0.6 is 0 Å². The van der Waals surface area contributed by atoms with Gasteiger partial charge in [0.05, 0.1) is 7.11 Å². The lowest BCUT2D eigenvalue weighted by Gasteiger charge is -2.37. The third kappa shape index (κ3) is 2.09. The molecular weight excluding hydrogens is 236 g/mol. The van der Waals surface area contributed by atoms with Crippen LogP contribution in [-0.2, 0) is 5.41 Å². The Hall–Kier alpha value is -1.16. The highest BCUT2D eigenvalue weighted by Gasteiger charge is 2.38. The minimum Gasteiger partial charge on any atom is -0.494 e. The van der Waals surface area contributed by atoms with Crippen molar-refractivity contribution in [3.63, 3.8) is 0 Å². The van der Waals surface area contributed by atoms with Gasteiger partial charge in [0.15, 0.2) is 11.6 Å². The van der Waals surface area contributed by atoms with Crippen molar-refractivity contribution in [2.24, 2.45) is 5.73 Å². The molecule has 0 aliphatic heterocycles. The van der Waals surface area contributed by atoms with Gasteiger partial charge in [-0.15, -0.1) is 0 Å². The second kappa shape index (κ2) is 5.22. The number of methoxy groups -OCH3 is 1. The highest BCUT2D eigenvalue weighted by Crippen LogP contribution is 2.42. The molecule has 1 aliphatic carbocycles.